The highest BCUT2D eigenvalue weighted by Crippen LogP contribution is 2.24. The maximum Gasteiger partial charge on any atom is 0.277 e. The lowest BCUT2D eigenvalue weighted by Crippen LogP contribution is -2.28. The molecule has 174 valence electrons. The van der Waals surface area contributed by atoms with Crippen LogP contribution in [-0.2, 0) is 18.3 Å². The fraction of sp³-hybridized carbons (Fsp3) is 0.423. The third-order valence-electron chi connectivity index (χ3n) is 6.55. The summed E-state index contributed by atoms with van der Waals surface area (Å²) in [6.07, 6.45) is 8.71. The van der Waals surface area contributed by atoms with Gasteiger partial charge in [-0.15, -0.1) is 0 Å². The van der Waals surface area contributed by atoms with E-state index in [9.17, 15) is 9.59 Å². The Balaban J connectivity index is 1.49. The van der Waals surface area contributed by atoms with Crippen LogP contribution in [0.5, 0.6) is 5.75 Å². The number of allylic oxidation sites excluding steroid dienone is 1. The van der Waals surface area contributed by atoms with E-state index < -0.39 is 0 Å². The largest absolute Gasteiger partial charge is 0.497 e. The fourth-order valence-corrected chi connectivity index (χ4v) is 4.45. The van der Waals surface area contributed by atoms with Gasteiger partial charge in [-0.2, -0.15) is 9.61 Å². The molecule has 1 amide bonds. The Kier molecular flexibility index (Phi) is 6.96. The Bertz CT molecular complexity index is 1250. The maximum absolute atomic E-state index is 13.2. The van der Waals surface area contributed by atoms with Crippen LogP contribution in [0.4, 0.5) is 0 Å². The molecule has 0 saturated carbocycles. The minimum atomic E-state index is -0.171. The minimum absolute atomic E-state index is 0.0227. The van der Waals surface area contributed by atoms with E-state index in [2.05, 4.69) is 16.5 Å². The van der Waals surface area contributed by atoms with E-state index >= 15 is 0 Å². The Morgan fingerprint density at radius 3 is 2.82 bits per heavy atom. The lowest BCUT2D eigenvalue weighted by molar-refractivity contribution is -0.121. The second-order valence-corrected chi connectivity index (χ2v) is 8.67. The van der Waals surface area contributed by atoms with Crippen molar-refractivity contribution >= 4 is 11.6 Å². The third kappa shape index (κ3) is 5.02. The second-order valence-electron chi connectivity index (χ2n) is 8.67. The zero-order valence-electron chi connectivity index (χ0n) is 19.7. The Morgan fingerprint density at radius 1 is 1.21 bits per heavy atom. The number of hydrogen-bond donors (Lipinski definition) is 1. The van der Waals surface area contributed by atoms with Crippen molar-refractivity contribution in [2.24, 2.45) is 7.05 Å². The molecule has 1 aliphatic rings. The number of carbonyl (C=O) groups excluding carboxylic acids is 1. The van der Waals surface area contributed by atoms with Gasteiger partial charge in [0.1, 0.15) is 11.4 Å². The van der Waals surface area contributed by atoms with Crippen LogP contribution in [0.3, 0.4) is 0 Å². The molecule has 0 saturated heterocycles. The average Bonchev–Trinajstić information content (AvgIpc) is 3.29. The summed E-state index contributed by atoms with van der Waals surface area (Å²) in [6.45, 7) is 2.58. The summed E-state index contributed by atoms with van der Waals surface area (Å²) >= 11 is 0. The van der Waals surface area contributed by atoms with E-state index in [4.69, 9.17) is 4.74 Å². The molecule has 33 heavy (non-hydrogen) atoms. The van der Waals surface area contributed by atoms with E-state index in [0.717, 1.165) is 36.3 Å². The quantitative estimate of drug-likeness (QED) is 0.529. The number of aryl methyl sites for hydroxylation is 1. The number of amides is 1. The van der Waals surface area contributed by atoms with Gasteiger partial charge < -0.3 is 14.6 Å². The highest BCUT2D eigenvalue weighted by molar-refractivity contribution is 5.76. The molecule has 0 bridgehead atoms. The normalized spacial score (nSPS) is 13.7. The summed E-state index contributed by atoms with van der Waals surface area (Å²) < 4.78 is 8.70. The van der Waals surface area contributed by atoms with E-state index in [-0.39, 0.29) is 17.9 Å². The number of carbonyl (C=O) groups is 1. The van der Waals surface area contributed by atoms with Crippen molar-refractivity contribution < 1.29 is 9.53 Å². The minimum Gasteiger partial charge on any atom is -0.497 e. The number of nitrogens with one attached hydrogen (secondary N) is 1. The van der Waals surface area contributed by atoms with Gasteiger partial charge in [0.25, 0.3) is 5.56 Å². The van der Waals surface area contributed by atoms with Gasteiger partial charge in [0.15, 0.2) is 0 Å². The standard InChI is InChI=1S/C26H32N4O3/c1-18-22(12-13-24(31)27-15-14-19-8-5-4-6-9-19)26(32)30-25(29(18)2)17-23(28-30)20-10-7-11-21(16-20)33-3/h7-8,10-11,16-17H,4-6,9,12-15H2,1-3H3,(H,27,31). The summed E-state index contributed by atoms with van der Waals surface area (Å²) in [5.41, 5.74) is 5.04. The predicted octanol–water partition coefficient (Wildman–Crippen LogP) is 3.96. The van der Waals surface area contributed by atoms with Gasteiger partial charge >= 0.3 is 0 Å². The molecule has 2 heterocycles. The van der Waals surface area contributed by atoms with E-state index in [0.29, 0.717) is 29.9 Å². The molecule has 0 aliphatic heterocycles. The van der Waals surface area contributed by atoms with Crippen molar-refractivity contribution in [3.63, 3.8) is 0 Å². The lowest BCUT2D eigenvalue weighted by atomic mass is 9.97. The predicted molar refractivity (Wildman–Crippen MR) is 130 cm³/mol. The molecule has 2 aromatic heterocycles. The van der Waals surface area contributed by atoms with Gasteiger partial charge in [0.2, 0.25) is 5.91 Å². The van der Waals surface area contributed by atoms with Crippen LogP contribution in [0, 0.1) is 6.92 Å². The van der Waals surface area contributed by atoms with Crippen molar-refractivity contribution in [2.45, 2.75) is 51.9 Å². The molecule has 0 fully saturated rings. The van der Waals surface area contributed by atoms with Crippen molar-refractivity contribution in [1.29, 1.82) is 0 Å². The molecule has 1 N–H and O–H groups in total. The summed E-state index contributed by atoms with van der Waals surface area (Å²) in [5, 5.41) is 7.57. The third-order valence-corrected chi connectivity index (χ3v) is 6.55. The van der Waals surface area contributed by atoms with E-state index in [1.807, 2.05) is 48.9 Å². The number of benzene rings is 1. The van der Waals surface area contributed by atoms with Crippen LogP contribution in [0.25, 0.3) is 16.9 Å². The Morgan fingerprint density at radius 2 is 2.06 bits per heavy atom. The summed E-state index contributed by atoms with van der Waals surface area (Å²) in [7, 11) is 3.54. The van der Waals surface area contributed by atoms with Gasteiger partial charge in [-0.3, -0.25) is 9.59 Å². The number of ether oxygens (including phenoxy) is 1. The van der Waals surface area contributed by atoms with Crippen molar-refractivity contribution in [3.05, 3.63) is 63.6 Å². The zero-order chi connectivity index (χ0) is 23.4. The number of nitrogens with zero attached hydrogens (tertiary/aromatic N) is 3. The maximum atomic E-state index is 13.2. The van der Waals surface area contributed by atoms with Crippen LogP contribution in [0.15, 0.2) is 46.8 Å². The van der Waals surface area contributed by atoms with Crippen LogP contribution in [-0.4, -0.2) is 33.7 Å². The smallest absolute Gasteiger partial charge is 0.277 e. The molecule has 1 aliphatic carbocycles. The topological polar surface area (TPSA) is 77.6 Å². The average molecular weight is 449 g/mol. The number of methoxy groups -OCH3 is 1. The van der Waals surface area contributed by atoms with Crippen LogP contribution < -0.4 is 15.6 Å². The first kappa shape index (κ1) is 22.8. The molecule has 7 heteroatoms. The van der Waals surface area contributed by atoms with Crippen molar-refractivity contribution in [1.82, 2.24) is 19.5 Å². The number of fused-ring (bicyclic) bond motifs is 1. The van der Waals surface area contributed by atoms with Gasteiger partial charge in [0.05, 0.1) is 12.8 Å². The highest BCUT2D eigenvalue weighted by Gasteiger charge is 2.17. The molecular formula is C26H32N4O3. The molecule has 4 rings (SSSR count). The number of aromatic nitrogens is 3. The summed E-state index contributed by atoms with van der Waals surface area (Å²) in [5.74, 6) is 0.712. The SMILES string of the molecule is COc1cccc(-c2cc3n(C)c(C)c(CCC(=O)NCCC4=CCCCC4)c(=O)n3n2)c1. The molecule has 1 aromatic carbocycles. The van der Waals surface area contributed by atoms with Crippen molar-refractivity contribution in [3.8, 4) is 17.0 Å². The van der Waals surface area contributed by atoms with Gasteiger partial charge in [-0.25, -0.2) is 0 Å². The Labute approximate surface area is 194 Å². The monoisotopic (exact) mass is 448 g/mol. The van der Waals surface area contributed by atoms with Crippen molar-refractivity contribution in [2.75, 3.05) is 13.7 Å². The molecule has 0 unspecified atom stereocenters. The van der Waals surface area contributed by atoms with E-state index in [1.54, 1.807) is 7.11 Å². The summed E-state index contributed by atoms with van der Waals surface area (Å²) in [6, 6.07) is 9.51. The first-order chi connectivity index (χ1) is 16.0. The highest BCUT2D eigenvalue weighted by atomic mass is 16.5. The molecule has 0 radical (unpaired) electrons. The molecule has 3 aromatic rings. The van der Waals surface area contributed by atoms with Crippen LogP contribution >= 0.6 is 0 Å². The molecular weight excluding hydrogens is 416 g/mol. The van der Waals surface area contributed by atoms with Crippen LogP contribution in [0.1, 0.15) is 49.8 Å². The Hall–Kier alpha value is -3.35. The summed E-state index contributed by atoms with van der Waals surface area (Å²) in [4.78, 5) is 25.6. The van der Waals surface area contributed by atoms with Gasteiger partial charge in [-0.1, -0.05) is 23.8 Å². The first-order valence-corrected chi connectivity index (χ1v) is 11.6. The second kappa shape index (κ2) is 10.1. The number of hydrogen-bond acceptors (Lipinski definition) is 4. The molecule has 0 atom stereocenters. The molecule has 0 spiro atoms. The lowest BCUT2D eigenvalue weighted by Gasteiger charge is -2.14. The fourth-order valence-electron chi connectivity index (χ4n) is 4.45. The van der Waals surface area contributed by atoms with Crippen LogP contribution in [0.2, 0.25) is 0 Å². The number of rotatable bonds is 8. The van der Waals surface area contributed by atoms with E-state index in [1.165, 1.54) is 22.9 Å². The van der Waals surface area contributed by atoms with Gasteiger partial charge in [-0.05, 0) is 57.6 Å². The first-order valence-electron chi connectivity index (χ1n) is 11.6. The zero-order valence-corrected chi connectivity index (χ0v) is 19.7. The molecule has 7 nitrogen and oxygen atoms in total. The van der Waals surface area contributed by atoms with Gasteiger partial charge in [0, 0.05) is 42.9 Å².